The fourth-order valence-electron chi connectivity index (χ4n) is 4.01. The molecule has 0 bridgehead atoms. The molecule has 3 aromatic rings. The summed E-state index contributed by atoms with van der Waals surface area (Å²) in [6.07, 6.45) is 5.25. The number of imidazole rings is 1. The molecular formula is C22H25N3. The maximum atomic E-state index is 4.36. The van der Waals surface area contributed by atoms with E-state index in [4.69, 9.17) is 0 Å². The highest BCUT2D eigenvalue weighted by Crippen LogP contribution is 2.33. The van der Waals surface area contributed by atoms with Crippen LogP contribution in [0.1, 0.15) is 29.4 Å². The average Bonchev–Trinajstić information content (AvgIpc) is 3.27. The Kier molecular flexibility index (Phi) is 4.66. The van der Waals surface area contributed by atoms with Gasteiger partial charge in [-0.05, 0) is 36.9 Å². The molecular weight excluding hydrogens is 306 g/mol. The van der Waals surface area contributed by atoms with Crippen molar-refractivity contribution in [1.29, 1.82) is 0 Å². The van der Waals surface area contributed by atoms with Gasteiger partial charge in [0, 0.05) is 25.5 Å². The Hall–Kier alpha value is -2.39. The number of nitrogens with zero attached hydrogens (tertiary/aromatic N) is 3. The summed E-state index contributed by atoms with van der Waals surface area (Å²) in [4.78, 5) is 7.00. The van der Waals surface area contributed by atoms with E-state index in [9.17, 15) is 0 Å². The first-order valence-electron chi connectivity index (χ1n) is 9.13. The molecule has 0 radical (unpaired) electrons. The molecule has 1 unspecified atom stereocenters. The van der Waals surface area contributed by atoms with Gasteiger partial charge in [0.1, 0.15) is 5.82 Å². The normalized spacial score (nSPS) is 18.1. The van der Waals surface area contributed by atoms with Gasteiger partial charge in [0.05, 0.1) is 6.04 Å². The van der Waals surface area contributed by atoms with Gasteiger partial charge in [-0.15, -0.1) is 0 Å². The maximum Gasteiger partial charge on any atom is 0.105 e. The summed E-state index contributed by atoms with van der Waals surface area (Å²) in [5.41, 5.74) is 2.77. The summed E-state index contributed by atoms with van der Waals surface area (Å²) >= 11 is 0. The van der Waals surface area contributed by atoms with Crippen LogP contribution in [0.2, 0.25) is 0 Å². The van der Waals surface area contributed by atoms with E-state index in [0.717, 1.165) is 25.5 Å². The third-order valence-electron chi connectivity index (χ3n) is 5.29. The quantitative estimate of drug-likeness (QED) is 0.695. The van der Waals surface area contributed by atoms with E-state index in [1.807, 2.05) is 6.20 Å². The van der Waals surface area contributed by atoms with Crippen LogP contribution >= 0.6 is 0 Å². The van der Waals surface area contributed by atoms with Crippen LogP contribution in [0.4, 0.5) is 0 Å². The van der Waals surface area contributed by atoms with Crippen molar-refractivity contribution in [2.75, 3.05) is 13.1 Å². The van der Waals surface area contributed by atoms with Crippen molar-refractivity contribution >= 4 is 0 Å². The highest BCUT2D eigenvalue weighted by molar-refractivity contribution is 5.32. The molecule has 1 aliphatic rings. The zero-order valence-electron chi connectivity index (χ0n) is 14.8. The monoisotopic (exact) mass is 331 g/mol. The fourth-order valence-corrected chi connectivity index (χ4v) is 4.01. The largest absolute Gasteiger partial charge is 0.335 e. The lowest BCUT2D eigenvalue weighted by Gasteiger charge is -2.29. The van der Waals surface area contributed by atoms with Crippen LogP contribution in [0.3, 0.4) is 0 Å². The minimum atomic E-state index is 0.344. The second kappa shape index (κ2) is 7.24. The molecule has 0 aliphatic carbocycles. The van der Waals surface area contributed by atoms with Crippen molar-refractivity contribution in [3.63, 3.8) is 0 Å². The van der Waals surface area contributed by atoms with E-state index in [2.05, 4.69) is 88.2 Å². The van der Waals surface area contributed by atoms with Gasteiger partial charge in [0.2, 0.25) is 0 Å². The minimum Gasteiger partial charge on any atom is -0.335 e. The van der Waals surface area contributed by atoms with Gasteiger partial charge in [0.15, 0.2) is 0 Å². The van der Waals surface area contributed by atoms with Gasteiger partial charge in [-0.1, -0.05) is 60.7 Å². The molecule has 0 amide bonds. The number of aromatic nitrogens is 2. The molecule has 0 N–H and O–H groups in total. The molecule has 0 spiro atoms. The number of aryl methyl sites for hydroxylation is 1. The minimum absolute atomic E-state index is 0.344. The Morgan fingerprint density at radius 1 is 1.00 bits per heavy atom. The predicted octanol–water partition coefficient (Wildman–Crippen LogP) is 4.30. The molecule has 0 saturated carbocycles. The smallest absolute Gasteiger partial charge is 0.105 e. The summed E-state index contributed by atoms with van der Waals surface area (Å²) in [7, 11) is 0. The maximum absolute atomic E-state index is 4.36. The summed E-state index contributed by atoms with van der Waals surface area (Å²) in [5, 5.41) is 0. The van der Waals surface area contributed by atoms with Crippen LogP contribution in [-0.2, 0) is 6.54 Å². The Morgan fingerprint density at radius 2 is 1.64 bits per heavy atom. The van der Waals surface area contributed by atoms with Crippen molar-refractivity contribution in [2.24, 2.45) is 5.92 Å². The Bertz CT molecular complexity index is 755. The number of likely N-dealkylation sites (tertiary alicyclic amines) is 1. The summed E-state index contributed by atoms with van der Waals surface area (Å²) in [6.45, 7) is 5.43. The first-order valence-corrected chi connectivity index (χ1v) is 9.13. The molecule has 3 heteroatoms. The van der Waals surface area contributed by atoms with Crippen LogP contribution in [0.15, 0.2) is 73.1 Å². The molecule has 2 heterocycles. The highest BCUT2D eigenvalue weighted by Gasteiger charge is 2.30. The second-order valence-corrected chi connectivity index (χ2v) is 7.00. The van der Waals surface area contributed by atoms with Gasteiger partial charge >= 0.3 is 0 Å². The first kappa shape index (κ1) is 16.1. The Balaban J connectivity index is 1.56. The zero-order valence-corrected chi connectivity index (χ0v) is 14.8. The van der Waals surface area contributed by atoms with E-state index in [1.54, 1.807) is 0 Å². The second-order valence-electron chi connectivity index (χ2n) is 7.00. The van der Waals surface area contributed by atoms with Gasteiger partial charge in [-0.3, -0.25) is 4.90 Å². The van der Waals surface area contributed by atoms with Crippen LogP contribution in [0, 0.1) is 12.8 Å². The van der Waals surface area contributed by atoms with Gasteiger partial charge in [-0.2, -0.15) is 0 Å². The van der Waals surface area contributed by atoms with Crippen molar-refractivity contribution in [3.8, 4) is 0 Å². The van der Waals surface area contributed by atoms with E-state index in [-0.39, 0.29) is 0 Å². The van der Waals surface area contributed by atoms with E-state index < -0.39 is 0 Å². The molecule has 2 aromatic carbocycles. The molecule has 1 fully saturated rings. The first-order chi connectivity index (χ1) is 12.3. The lowest BCUT2D eigenvalue weighted by atomic mass is 9.97. The lowest BCUT2D eigenvalue weighted by molar-refractivity contribution is 0.264. The van der Waals surface area contributed by atoms with Crippen molar-refractivity contribution in [3.05, 3.63) is 90.0 Å². The average molecular weight is 331 g/mol. The Morgan fingerprint density at radius 3 is 2.20 bits per heavy atom. The molecule has 4 rings (SSSR count). The van der Waals surface area contributed by atoms with Gasteiger partial charge < -0.3 is 4.57 Å². The number of hydrogen-bond donors (Lipinski definition) is 0. The molecule has 25 heavy (non-hydrogen) atoms. The van der Waals surface area contributed by atoms with Crippen LogP contribution in [-0.4, -0.2) is 27.5 Å². The Labute approximate surface area is 149 Å². The van der Waals surface area contributed by atoms with E-state index in [1.165, 1.54) is 17.5 Å². The topological polar surface area (TPSA) is 21.1 Å². The molecule has 1 atom stereocenters. The van der Waals surface area contributed by atoms with Gasteiger partial charge in [0.25, 0.3) is 0 Å². The highest BCUT2D eigenvalue weighted by atomic mass is 15.2. The standard InChI is InChI=1S/C22H25N3/c1-18-23-13-15-24(18)16-19-12-14-25(17-19)22(20-8-4-2-5-9-20)21-10-6-3-7-11-21/h2-11,13,15,19,22H,12,14,16-17H2,1H3. The molecule has 1 aromatic heterocycles. The third-order valence-corrected chi connectivity index (χ3v) is 5.29. The molecule has 128 valence electrons. The van der Waals surface area contributed by atoms with Gasteiger partial charge in [-0.25, -0.2) is 4.98 Å². The van der Waals surface area contributed by atoms with Crippen LogP contribution in [0.5, 0.6) is 0 Å². The van der Waals surface area contributed by atoms with E-state index in [0.29, 0.717) is 12.0 Å². The third kappa shape index (κ3) is 3.52. The number of rotatable bonds is 5. The zero-order chi connectivity index (χ0) is 17.1. The number of hydrogen-bond acceptors (Lipinski definition) is 2. The molecule has 3 nitrogen and oxygen atoms in total. The predicted molar refractivity (Wildman–Crippen MR) is 101 cm³/mol. The summed E-state index contributed by atoms with van der Waals surface area (Å²) < 4.78 is 2.29. The van der Waals surface area contributed by atoms with Crippen molar-refractivity contribution in [1.82, 2.24) is 14.5 Å². The van der Waals surface area contributed by atoms with Crippen molar-refractivity contribution < 1.29 is 0 Å². The van der Waals surface area contributed by atoms with Crippen LogP contribution in [0.25, 0.3) is 0 Å². The van der Waals surface area contributed by atoms with Crippen LogP contribution < -0.4 is 0 Å². The lowest BCUT2D eigenvalue weighted by Crippen LogP contribution is -2.28. The fraction of sp³-hybridized carbons (Fsp3) is 0.318. The summed E-state index contributed by atoms with van der Waals surface area (Å²) in [6, 6.07) is 22.1. The SMILES string of the molecule is Cc1nccn1CC1CCN(C(c2ccccc2)c2ccccc2)C1. The summed E-state index contributed by atoms with van der Waals surface area (Å²) in [5.74, 6) is 1.80. The van der Waals surface area contributed by atoms with Crippen molar-refractivity contribution in [2.45, 2.75) is 25.9 Å². The van der Waals surface area contributed by atoms with E-state index >= 15 is 0 Å². The number of benzene rings is 2. The molecule has 1 saturated heterocycles. The molecule has 1 aliphatic heterocycles.